The standard InChI is InChI=1S/C17H21N3O3.ClH/c21-17(22)14-7-4-10-20(11-14)12-16-18-15(19-23-16)9-8-13-5-2-1-3-6-13;/h1-3,5-6,14H,4,7-12H2,(H,21,22);1H. The predicted molar refractivity (Wildman–Crippen MR) is 91.0 cm³/mol. The largest absolute Gasteiger partial charge is 0.481 e. The van der Waals surface area contributed by atoms with Gasteiger partial charge in [-0.1, -0.05) is 35.5 Å². The van der Waals surface area contributed by atoms with Crippen molar-refractivity contribution >= 4 is 18.4 Å². The van der Waals surface area contributed by atoms with Gasteiger partial charge in [0, 0.05) is 13.0 Å². The minimum absolute atomic E-state index is 0. The molecule has 1 unspecified atom stereocenters. The van der Waals surface area contributed by atoms with Gasteiger partial charge in [0.2, 0.25) is 5.89 Å². The van der Waals surface area contributed by atoms with Crippen LogP contribution in [0.2, 0.25) is 0 Å². The number of piperidine rings is 1. The molecule has 3 rings (SSSR count). The lowest BCUT2D eigenvalue weighted by Gasteiger charge is -2.29. The monoisotopic (exact) mass is 351 g/mol. The molecule has 1 aliphatic rings. The maximum absolute atomic E-state index is 11.1. The zero-order valence-electron chi connectivity index (χ0n) is 13.4. The molecule has 7 heteroatoms. The van der Waals surface area contributed by atoms with Gasteiger partial charge in [-0.25, -0.2) is 0 Å². The van der Waals surface area contributed by atoms with Crippen molar-refractivity contribution in [3.05, 3.63) is 47.6 Å². The van der Waals surface area contributed by atoms with Crippen LogP contribution in [0.3, 0.4) is 0 Å². The van der Waals surface area contributed by atoms with E-state index < -0.39 is 5.97 Å². The van der Waals surface area contributed by atoms with Crippen LogP contribution in [0.15, 0.2) is 34.9 Å². The fourth-order valence-electron chi connectivity index (χ4n) is 2.95. The van der Waals surface area contributed by atoms with E-state index in [0.29, 0.717) is 24.8 Å². The molecule has 2 heterocycles. The molecule has 1 aromatic carbocycles. The summed E-state index contributed by atoms with van der Waals surface area (Å²) in [6, 6.07) is 10.2. The fraction of sp³-hybridized carbons (Fsp3) is 0.471. The Bertz CT molecular complexity index is 648. The highest BCUT2D eigenvalue weighted by molar-refractivity contribution is 5.85. The predicted octanol–water partition coefficient (Wildman–Crippen LogP) is 2.57. The van der Waals surface area contributed by atoms with E-state index >= 15 is 0 Å². The van der Waals surface area contributed by atoms with Crippen LogP contribution in [-0.4, -0.2) is 39.2 Å². The van der Waals surface area contributed by atoms with Gasteiger partial charge in [0.05, 0.1) is 12.5 Å². The topological polar surface area (TPSA) is 79.5 Å². The molecule has 1 fully saturated rings. The summed E-state index contributed by atoms with van der Waals surface area (Å²) in [7, 11) is 0. The number of carboxylic acids is 1. The molecular weight excluding hydrogens is 330 g/mol. The highest BCUT2D eigenvalue weighted by atomic mass is 35.5. The number of hydrogen-bond acceptors (Lipinski definition) is 5. The first-order chi connectivity index (χ1) is 11.2. The molecule has 130 valence electrons. The highest BCUT2D eigenvalue weighted by Crippen LogP contribution is 2.18. The molecule has 1 N–H and O–H groups in total. The number of benzene rings is 1. The van der Waals surface area contributed by atoms with Crippen LogP contribution in [0.5, 0.6) is 0 Å². The molecule has 0 spiro atoms. The van der Waals surface area contributed by atoms with E-state index in [1.54, 1.807) is 0 Å². The van der Waals surface area contributed by atoms with Gasteiger partial charge in [0.25, 0.3) is 0 Å². The van der Waals surface area contributed by atoms with Crippen molar-refractivity contribution in [1.82, 2.24) is 15.0 Å². The van der Waals surface area contributed by atoms with E-state index in [2.05, 4.69) is 27.2 Å². The molecule has 1 aliphatic heterocycles. The number of aromatic nitrogens is 2. The van der Waals surface area contributed by atoms with Gasteiger partial charge < -0.3 is 9.63 Å². The molecule has 0 amide bonds. The first-order valence-corrected chi connectivity index (χ1v) is 8.01. The number of rotatable bonds is 6. The zero-order valence-corrected chi connectivity index (χ0v) is 14.2. The molecule has 2 aromatic rings. The van der Waals surface area contributed by atoms with E-state index in [4.69, 9.17) is 9.63 Å². The second-order valence-electron chi connectivity index (χ2n) is 6.00. The van der Waals surface area contributed by atoms with E-state index in [-0.39, 0.29) is 18.3 Å². The van der Waals surface area contributed by atoms with Gasteiger partial charge >= 0.3 is 5.97 Å². The Morgan fingerprint density at radius 1 is 1.29 bits per heavy atom. The van der Waals surface area contributed by atoms with Crippen molar-refractivity contribution in [3.63, 3.8) is 0 Å². The normalized spacial score (nSPS) is 18.1. The smallest absolute Gasteiger partial charge is 0.307 e. The Morgan fingerprint density at radius 3 is 2.83 bits per heavy atom. The summed E-state index contributed by atoms with van der Waals surface area (Å²) in [5.74, 6) is 0.266. The molecule has 0 radical (unpaired) electrons. The number of likely N-dealkylation sites (tertiary alicyclic amines) is 1. The lowest BCUT2D eigenvalue weighted by Crippen LogP contribution is -2.38. The number of carbonyl (C=O) groups is 1. The van der Waals surface area contributed by atoms with Gasteiger partial charge in [-0.2, -0.15) is 4.98 Å². The van der Waals surface area contributed by atoms with Crippen molar-refractivity contribution in [3.8, 4) is 0 Å². The van der Waals surface area contributed by atoms with Gasteiger partial charge in [0.15, 0.2) is 5.82 Å². The van der Waals surface area contributed by atoms with Crippen molar-refractivity contribution < 1.29 is 14.4 Å². The summed E-state index contributed by atoms with van der Waals surface area (Å²) in [4.78, 5) is 17.6. The Morgan fingerprint density at radius 2 is 2.08 bits per heavy atom. The van der Waals surface area contributed by atoms with Gasteiger partial charge in [-0.05, 0) is 31.4 Å². The van der Waals surface area contributed by atoms with Crippen LogP contribution in [0.4, 0.5) is 0 Å². The third-order valence-electron chi connectivity index (χ3n) is 4.20. The van der Waals surface area contributed by atoms with Gasteiger partial charge in [-0.15, -0.1) is 12.4 Å². The lowest BCUT2D eigenvalue weighted by molar-refractivity contribution is -0.143. The Hall–Kier alpha value is -1.92. The quantitative estimate of drug-likeness (QED) is 0.861. The average Bonchev–Trinajstić information content (AvgIpc) is 3.01. The average molecular weight is 352 g/mol. The maximum atomic E-state index is 11.1. The molecule has 6 nitrogen and oxygen atoms in total. The van der Waals surface area contributed by atoms with Crippen LogP contribution >= 0.6 is 12.4 Å². The van der Waals surface area contributed by atoms with E-state index in [9.17, 15) is 4.79 Å². The van der Waals surface area contributed by atoms with Crippen molar-refractivity contribution in [2.45, 2.75) is 32.2 Å². The zero-order chi connectivity index (χ0) is 16.1. The molecule has 24 heavy (non-hydrogen) atoms. The van der Waals surface area contributed by atoms with Crippen molar-refractivity contribution in [2.75, 3.05) is 13.1 Å². The second kappa shape index (κ2) is 8.80. The number of nitrogens with zero attached hydrogens (tertiary/aromatic N) is 3. The van der Waals surface area contributed by atoms with E-state index in [1.165, 1.54) is 5.56 Å². The molecule has 1 atom stereocenters. The van der Waals surface area contributed by atoms with E-state index in [1.807, 2.05) is 18.2 Å². The van der Waals surface area contributed by atoms with E-state index in [0.717, 1.165) is 32.2 Å². The third-order valence-corrected chi connectivity index (χ3v) is 4.20. The summed E-state index contributed by atoms with van der Waals surface area (Å²) in [6.07, 6.45) is 3.26. The van der Waals surface area contributed by atoms with Crippen LogP contribution in [0.25, 0.3) is 0 Å². The number of halogens is 1. The Balaban J connectivity index is 0.00000208. The van der Waals surface area contributed by atoms with Crippen LogP contribution in [0.1, 0.15) is 30.1 Å². The SMILES string of the molecule is Cl.O=C(O)C1CCCN(Cc2nc(CCc3ccccc3)no2)C1. The molecule has 1 aromatic heterocycles. The van der Waals surface area contributed by atoms with Gasteiger partial charge in [-0.3, -0.25) is 9.69 Å². The lowest BCUT2D eigenvalue weighted by atomic mass is 9.98. The summed E-state index contributed by atoms with van der Waals surface area (Å²) >= 11 is 0. The molecule has 0 aliphatic carbocycles. The maximum Gasteiger partial charge on any atom is 0.307 e. The molecule has 0 bridgehead atoms. The first-order valence-electron chi connectivity index (χ1n) is 8.01. The minimum Gasteiger partial charge on any atom is -0.481 e. The third kappa shape index (κ3) is 5.04. The second-order valence-corrected chi connectivity index (χ2v) is 6.00. The van der Waals surface area contributed by atoms with Crippen molar-refractivity contribution in [2.24, 2.45) is 5.92 Å². The molecular formula is C17H22ClN3O3. The molecule has 1 saturated heterocycles. The number of aliphatic carboxylic acids is 1. The summed E-state index contributed by atoms with van der Waals surface area (Å²) in [5, 5.41) is 13.1. The number of aryl methyl sites for hydroxylation is 2. The first kappa shape index (κ1) is 18.4. The van der Waals surface area contributed by atoms with Gasteiger partial charge in [0.1, 0.15) is 0 Å². The molecule has 0 saturated carbocycles. The summed E-state index contributed by atoms with van der Waals surface area (Å²) < 4.78 is 5.30. The van der Waals surface area contributed by atoms with Crippen LogP contribution < -0.4 is 0 Å². The van der Waals surface area contributed by atoms with Crippen LogP contribution in [0, 0.1) is 5.92 Å². The fourth-order valence-corrected chi connectivity index (χ4v) is 2.95. The minimum atomic E-state index is -0.719. The van der Waals surface area contributed by atoms with Crippen molar-refractivity contribution in [1.29, 1.82) is 0 Å². The van der Waals surface area contributed by atoms with Crippen LogP contribution in [-0.2, 0) is 24.2 Å². The number of hydrogen-bond donors (Lipinski definition) is 1. The highest BCUT2D eigenvalue weighted by Gasteiger charge is 2.26. The summed E-state index contributed by atoms with van der Waals surface area (Å²) in [6.45, 7) is 1.96. The Labute approximate surface area is 147 Å². The number of carboxylic acid groups (broad SMARTS) is 1. The Kier molecular flexibility index (Phi) is 6.75. The summed E-state index contributed by atoms with van der Waals surface area (Å²) in [5.41, 5.74) is 1.25.